The zero-order valence-corrected chi connectivity index (χ0v) is 22.4. The number of benzene rings is 1. The van der Waals surface area contributed by atoms with Gasteiger partial charge in [-0.15, -0.1) is 0 Å². The predicted molar refractivity (Wildman–Crippen MR) is 139 cm³/mol. The molecule has 0 N–H and O–H groups in total. The Bertz CT molecular complexity index is 1100. The Balaban J connectivity index is 1.50. The lowest BCUT2D eigenvalue weighted by molar-refractivity contribution is -0.171. The molecule has 0 saturated carbocycles. The Morgan fingerprint density at radius 3 is 2.38 bits per heavy atom. The Kier molecular flexibility index (Phi) is 9.45. The van der Waals surface area contributed by atoms with Crippen LogP contribution in [0.5, 0.6) is 0 Å². The number of carbonyl (C=O) groups is 2. The maximum atomic E-state index is 13.8. The fourth-order valence-corrected chi connectivity index (χ4v) is 4.95. The first-order valence-electron chi connectivity index (χ1n) is 12.4. The first kappa shape index (κ1) is 28.8. The van der Waals surface area contributed by atoms with E-state index in [1.807, 2.05) is 0 Å². The number of amides is 2. The third-order valence-corrected chi connectivity index (χ3v) is 7.13. The van der Waals surface area contributed by atoms with Gasteiger partial charge >= 0.3 is 6.18 Å². The number of aryl methyl sites for hydroxylation is 1. The zero-order chi connectivity index (χ0) is 27.3. The van der Waals surface area contributed by atoms with Gasteiger partial charge in [-0.1, -0.05) is 41.4 Å². The molecule has 1 aromatic heterocycles. The standard InChI is InChI=1S/C27H34ClF3N4O2/c1-18-7-5-9-20(17-18)23(27(29,30)31)26(37)34(4)14-6-8-19-12-15-35(16-13-19)22-11-10-21(24(28)32-22)25(36)33(2)3/h5,7,9-11,17,19,23H,6,8,12-16H2,1-4H3. The molecule has 1 unspecified atom stereocenters. The maximum Gasteiger partial charge on any atom is 0.404 e. The van der Waals surface area contributed by atoms with Crippen LogP contribution in [-0.2, 0) is 4.79 Å². The van der Waals surface area contributed by atoms with Crippen molar-refractivity contribution in [2.75, 3.05) is 45.7 Å². The minimum absolute atomic E-state index is 0.0236. The van der Waals surface area contributed by atoms with Crippen molar-refractivity contribution < 1.29 is 22.8 Å². The number of carbonyl (C=O) groups excluding carboxylic acids is 2. The van der Waals surface area contributed by atoms with Crippen LogP contribution in [0.1, 0.15) is 53.1 Å². The normalized spacial score (nSPS) is 15.4. The van der Waals surface area contributed by atoms with Gasteiger partial charge in [0, 0.05) is 40.8 Å². The molecule has 1 aliphatic rings. The summed E-state index contributed by atoms with van der Waals surface area (Å²) in [6.45, 7) is 3.53. The second-order valence-electron chi connectivity index (χ2n) is 9.93. The second kappa shape index (κ2) is 12.2. The van der Waals surface area contributed by atoms with Crippen molar-refractivity contribution in [1.82, 2.24) is 14.8 Å². The smallest absolute Gasteiger partial charge is 0.357 e. The first-order valence-corrected chi connectivity index (χ1v) is 12.8. The quantitative estimate of drug-likeness (QED) is 0.414. The van der Waals surface area contributed by atoms with Gasteiger partial charge < -0.3 is 14.7 Å². The predicted octanol–water partition coefficient (Wildman–Crippen LogP) is 5.55. The third-order valence-electron chi connectivity index (χ3n) is 6.84. The van der Waals surface area contributed by atoms with Gasteiger partial charge in [0.05, 0.1) is 5.56 Å². The van der Waals surface area contributed by atoms with E-state index in [2.05, 4.69) is 9.88 Å². The van der Waals surface area contributed by atoms with Gasteiger partial charge in [0.25, 0.3) is 5.91 Å². The van der Waals surface area contributed by atoms with E-state index in [4.69, 9.17) is 11.6 Å². The van der Waals surface area contributed by atoms with Gasteiger partial charge in [0.1, 0.15) is 11.0 Å². The van der Waals surface area contributed by atoms with E-state index in [9.17, 15) is 22.8 Å². The fraction of sp³-hybridized carbons (Fsp3) is 0.519. The summed E-state index contributed by atoms with van der Waals surface area (Å²) in [5.41, 5.74) is 1.02. The molecule has 0 aliphatic carbocycles. The lowest BCUT2D eigenvalue weighted by Crippen LogP contribution is -2.39. The number of aromatic nitrogens is 1. The summed E-state index contributed by atoms with van der Waals surface area (Å²) >= 11 is 6.25. The summed E-state index contributed by atoms with van der Waals surface area (Å²) in [5.74, 6) is -2.14. The summed E-state index contributed by atoms with van der Waals surface area (Å²) < 4.78 is 41.3. The van der Waals surface area contributed by atoms with Gasteiger partial charge in [0.2, 0.25) is 5.91 Å². The molecule has 0 radical (unpaired) electrons. The number of halogens is 4. The number of piperidine rings is 1. The van der Waals surface area contributed by atoms with Crippen LogP contribution >= 0.6 is 11.6 Å². The highest BCUT2D eigenvalue weighted by atomic mass is 35.5. The van der Waals surface area contributed by atoms with Crippen LogP contribution in [-0.4, -0.2) is 73.6 Å². The second-order valence-corrected chi connectivity index (χ2v) is 10.3. The van der Waals surface area contributed by atoms with Gasteiger partial charge in [0.15, 0.2) is 5.92 Å². The number of likely N-dealkylation sites (N-methyl/N-ethyl adjacent to an activating group) is 1. The van der Waals surface area contributed by atoms with Crippen molar-refractivity contribution in [3.05, 3.63) is 58.2 Å². The number of hydrogen-bond acceptors (Lipinski definition) is 4. The van der Waals surface area contributed by atoms with E-state index < -0.39 is 18.0 Å². The molecular weight excluding hydrogens is 505 g/mol. The summed E-state index contributed by atoms with van der Waals surface area (Å²) in [6.07, 6.45) is -1.37. The van der Waals surface area contributed by atoms with Crippen molar-refractivity contribution in [3.63, 3.8) is 0 Å². The van der Waals surface area contributed by atoms with Crippen LogP contribution in [0.2, 0.25) is 5.15 Å². The average molecular weight is 539 g/mol. The zero-order valence-electron chi connectivity index (χ0n) is 21.7. The van der Waals surface area contributed by atoms with Crippen LogP contribution in [0, 0.1) is 12.8 Å². The van der Waals surface area contributed by atoms with Gasteiger partial charge in [-0.05, 0) is 56.2 Å². The number of anilines is 1. The Morgan fingerprint density at radius 2 is 1.81 bits per heavy atom. The van der Waals surface area contributed by atoms with E-state index in [-0.39, 0.29) is 23.2 Å². The van der Waals surface area contributed by atoms with Crippen LogP contribution in [0.4, 0.5) is 19.0 Å². The molecule has 2 amide bonds. The number of hydrogen-bond donors (Lipinski definition) is 0. The highest BCUT2D eigenvalue weighted by Crippen LogP contribution is 2.36. The molecular formula is C27H34ClF3N4O2. The van der Waals surface area contributed by atoms with Gasteiger partial charge in [-0.2, -0.15) is 13.2 Å². The van der Waals surface area contributed by atoms with Crippen molar-refractivity contribution >= 4 is 29.2 Å². The summed E-state index contributed by atoms with van der Waals surface area (Å²) in [7, 11) is 4.76. The Morgan fingerprint density at radius 1 is 1.14 bits per heavy atom. The van der Waals surface area contributed by atoms with E-state index in [0.717, 1.165) is 38.2 Å². The molecule has 2 aromatic rings. The lowest BCUT2D eigenvalue weighted by Gasteiger charge is -2.33. The largest absolute Gasteiger partial charge is 0.404 e. The molecule has 1 saturated heterocycles. The van der Waals surface area contributed by atoms with E-state index in [0.29, 0.717) is 23.5 Å². The molecule has 2 heterocycles. The van der Waals surface area contributed by atoms with E-state index in [1.165, 1.54) is 29.0 Å². The number of rotatable bonds is 8. The SMILES string of the molecule is Cc1cccc(C(C(=O)N(C)CCCC2CCN(c3ccc(C(=O)N(C)C)c(Cl)n3)CC2)C(F)(F)F)c1. The Hall–Kier alpha value is -2.81. The van der Waals surface area contributed by atoms with Crippen LogP contribution in [0.25, 0.3) is 0 Å². The van der Waals surface area contributed by atoms with E-state index >= 15 is 0 Å². The Labute approximate surface area is 221 Å². The average Bonchev–Trinajstić information content (AvgIpc) is 2.83. The molecule has 37 heavy (non-hydrogen) atoms. The molecule has 1 atom stereocenters. The minimum Gasteiger partial charge on any atom is -0.357 e. The number of pyridine rings is 1. The van der Waals surface area contributed by atoms with E-state index in [1.54, 1.807) is 45.3 Å². The minimum atomic E-state index is -4.65. The molecule has 202 valence electrons. The lowest BCUT2D eigenvalue weighted by atomic mass is 9.91. The van der Waals surface area contributed by atoms with Gasteiger partial charge in [-0.3, -0.25) is 9.59 Å². The fourth-order valence-electron chi connectivity index (χ4n) is 4.72. The van der Waals surface area contributed by atoms with Gasteiger partial charge in [-0.25, -0.2) is 4.98 Å². The van der Waals surface area contributed by atoms with Crippen LogP contribution in [0.3, 0.4) is 0 Å². The molecule has 6 nitrogen and oxygen atoms in total. The van der Waals surface area contributed by atoms with Crippen molar-refractivity contribution in [2.24, 2.45) is 5.92 Å². The molecule has 3 rings (SSSR count). The third kappa shape index (κ3) is 7.37. The summed E-state index contributed by atoms with van der Waals surface area (Å²) in [5, 5.41) is 0.175. The number of nitrogens with zero attached hydrogens (tertiary/aromatic N) is 4. The molecule has 10 heteroatoms. The summed E-state index contributed by atoms with van der Waals surface area (Å²) in [4.78, 5) is 34.1. The molecule has 1 aromatic carbocycles. The molecule has 1 aliphatic heterocycles. The molecule has 0 bridgehead atoms. The number of alkyl halides is 3. The van der Waals surface area contributed by atoms with Crippen molar-refractivity contribution in [3.8, 4) is 0 Å². The highest BCUT2D eigenvalue weighted by Gasteiger charge is 2.47. The first-order chi connectivity index (χ1) is 17.4. The molecule has 1 fully saturated rings. The van der Waals surface area contributed by atoms with Crippen molar-refractivity contribution in [1.29, 1.82) is 0 Å². The molecule has 0 spiro atoms. The monoisotopic (exact) mass is 538 g/mol. The highest BCUT2D eigenvalue weighted by molar-refractivity contribution is 6.32. The van der Waals surface area contributed by atoms with Crippen molar-refractivity contribution in [2.45, 2.75) is 44.7 Å². The summed E-state index contributed by atoms with van der Waals surface area (Å²) in [6, 6.07) is 9.53. The van der Waals surface area contributed by atoms with Crippen LogP contribution < -0.4 is 4.90 Å². The maximum absolute atomic E-state index is 13.8. The topological polar surface area (TPSA) is 56.8 Å². The van der Waals surface area contributed by atoms with Crippen LogP contribution in [0.15, 0.2) is 36.4 Å².